The van der Waals surface area contributed by atoms with Gasteiger partial charge in [0.1, 0.15) is 11.9 Å². The standard InChI is InChI=1S/C20H31FN4O2/c1-4-11-23-19(26)10-12-24-20(22-5-2)25-13-15(3)27-18(14-25)16-6-8-17(21)9-7-16/h6-9,15,18H,4-5,10-14H2,1-3H3,(H,22,24)(H,23,26). The van der Waals surface area contributed by atoms with E-state index in [2.05, 4.69) is 20.5 Å². The molecule has 2 unspecified atom stereocenters. The van der Waals surface area contributed by atoms with Gasteiger partial charge >= 0.3 is 0 Å². The van der Waals surface area contributed by atoms with Gasteiger partial charge in [0.15, 0.2) is 5.96 Å². The van der Waals surface area contributed by atoms with Crippen LogP contribution in [0.1, 0.15) is 45.3 Å². The molecular weight excluding hydrogens is 347 g/mol. The molecule has 0 radical (unpaired) electrons. The van der Waals surface area contributed by atoms with Gasteiger partial charge in [0, 0.05) is 26.1 Å². The van der Waals surface area contributed by atoms with Crippen molar-refractivity contribution in [2.24, 2.45) is 4.99 Å². The Labute approximate surface area is 161 Å². The summed E-state index contributed by atoms with van der Waals surface area (Å²) in [6, 6.07) is 6.43. The third kappa shape index (κ3) is 6.82. The highest BCUT2D eigenvalue weighted by Gasteiger charge is 2.28. The Morgan fingerprint density at radius 1 is 1.26 bits per heavy atom. The highest BCUT2D eigenvalue weighted by molar-refractivity contribution is 5.81. The number of amides is 1. The number of carbonyl (C=O) groups excluding carboxylic acids is 1. The molecule has 1 saturated heterocycles. The molecule has 0 bridgehead atoms. The van der Waals surface area contributed by atoms with Crippen LogP contribution in [0.3, 0.4) is 0 Å². The maximum Gasteiger partial charge on any atom is 0.221 e. The van der Waals surface area contributed by atoms with Crippen molar-refractivity contribution in [2.75, 3.05) is 32.7 Å². The average molecular weight is 378 g/mol. The summed E-state index contributed by atoms with van der Waals surface area (Å²) in [5.41, 5.74) is 0.947. The third-order valence-corrected chi connectivity index (χ3v) is 4.31. The van der Waals surface area contributed by atoms with Gasteiger partial charge in [0.25, 0.3) is 0 Å². The molecule has 1 aliphatic rings. The van der Waals surface area contributed by atoms with E-state index >= 15 is 0 Å². The van der Waals surface area contributed by atoms with Gasteiger partial charge in [0.05, 0.1) is 19.2 Å². The average Bonchev–Trinajstić information content (AvgIpc) is 2.65. The SMILES string of the molecule is CCCNC(=O)CCN=C(NCC)N1CC(C)OC(c2ccc(F)cc2)C1. The summed E-state index contributed by atoms with van der Waals surface area (Å²) in [6.45, 7) is 9.28. The van der Waals surface area contributed by atoms with Crippen LogP contribution in [0.25, 0.3) is 0 Å². The molecular formula is C20H31FN4O2. The number of nitrogens with zero attached hydrogens (tertiary/aromatic N) is 2. The van der Waals surface area contributed by atoms with Crippen LogP contribution in [0.2, 0.25) is 0 Å². The van der Waals surface area contributed by atoms with E-state index in [9.17, 15) is 9.18 Å². The molecule has 1 amide bonds. The maximum atomic E-state index is 13.2. The zero-order valence-electron chi connectivity index (χ0n) is 16.5. The summed E-state index contributed by atoms with van der Waals surface area (Å²) in [5.74, 6) is 0.551. The normalized spacial score (nSPS) is 20.4. The Kier molecular flexibility index (Phi) is 8.51. The molecule has 27 heavy (non-hydrogen) atoms. The fourth-order valence-corrected chi connectivity index (χ4v) is 3.03. The van der Waals surface area contributed by atoms with Crippen molar-refractivity contribution < 1.29 is 13.9 Å². The highest BCUT2D eigenvalue weighted by Crippen LogP contribution is 2.25. The molecule has 1 heterocycles. The lowest BCUT2D eigenvalue weighted by atomic mass is 10.1. The second-order valence-corrected chi connectivity index (χ2v) is 6.73. The van der Waals surface area contributed by atoms with E-state index in [1.807, 2.05) is 20.8 Å². The predicted octanol–water partition coefficient (Wildman–Crippen LogP) is 2.47. The van der Waals surface area contributed by atoms with Crippen molar-refractivity contribution in [3.8, 4) is 0 Å². The second-order valence-electron chi connectivity index (χ2n) is 6.73. The second kappa shape index (κ2) is 10.9. The van der Waals surface area contributed by atoms with Crippen molar-refractivity contribution in [1.29, 1.82) is 0 Å². The molecule has 1 aromatic rings. The first-order chi connectivity index (χ1) is 13.0. The molecule has 0 saturated carbocycles. The van der Waals surface area contributed by atoms with Crippen molar-refractivity contribution in [3.05, 3.63) is 35.6 Å². The number of hydrogen-bond acceptors (Lipinski definition) is 3. The maximum absolute atomic E-state index is 13.2. The summed E-state index contributed by atoms with van der Waals surface area (Å²) >= 11 is 0. The number of rotatable bonds is 7. The fraction of sp³-hybridized carbons (Fsp3) is 0.600. The smallest absolute Gasteiger partial charge is 0.221 e. The number of hydrogen-bond donors (Lipinski definition) is 2. The molecule has 2 N–H and O–H groups in total. The molecule has 1 fully saturated rings. The van der Waals surface area contributed by atoms with Gasteiger partial charge in [-0.2, -0.15) is 0 Å². The lowest BCUT2D eigenvalue weighted by molar-refractivity contribution is -0.120. The summed E-state index contributed by atoms with van der Waals surface area (Å²) < 4.78 is 19.3. The van der Waals surface area contributed by atoms with E-state index in [1.165, 1.54) is 12.1 Å². The van der Waals surface area contributed by atoms with Gasteiger partial charge in [-0.3, -0.25) is 9.79 Å². The number of aliphatic imine (C=N–C) groups is 1. The highest BCUT2D eigenvalue weighted by atomic mass is 19.1. The molecule has 6 nitrogen and oxygen atoms in total. The lowest BCUT2D eigenvalue weighted by Gasteiger charge is -2.38. The van der Waals surface area contributed by atoms with E-state index in [1.54, 1.807) is 12.1 Å². The minimum atomic E-state index is -0.254. The number of ether oxygens (including phenoxy) is 1. The van der Waals surface area contributed by atoms with Gasteiger partial charge in [-0.1, -0.05) is 19.1 Å². The summed E-state index contributed by atoms with van der Waals surface area (Å²) in [7, 11) is 0. The Hall–Kier alpha value is -2.15. The number of morpholine rings is 1. The van der Waals surface area contributed by atoms with Crippen LogP contribution < -0.4 is 10.6 Å². The Bertz CT molecular complexity index is 621. The Morgan fingerprint density at radius 3 is 2.67 bits per heavy atom. The molecule has 1 aliphatic heterocycles. The molecule has 0 aliphatic carbocycles. The van der Waals surface area contributed by atoms with Crippen molar-refractivity contribution in [2.45, 2.75) is 45.8 Å². The van der Waals surface area contributed by atoms with E-state index < -0.39 is 0 Å². The molecule has 2 rings (SSSR count). The van der Waals surface area contributed by atoms with E-state index in [0.717, 1.165) is 24.5 Å². The number of benzene rings is 1. The van der Waals surface area contributed by atoms with Crippen LogP contribution >= 0.6 is 0 Å². The first kappa shape index (κ1) is 21.2. The van der Waals surface area contributed by atoms with Crippen LogP contribution in [0.4, 0.5) is 4.39 Å². The van der Waals surface area contributed by atoms with Crippen LogP contribution in [0, 0.1) is 5.82 Å². The molecule has 150 valence electrons. The van der Waals surface area contributed by atoms with Crippen LogP contribution in [-0.2, 0) is 9.53 Å². The van der Waals surface area contributed by atoms with Gasteiger partial charge in [-0.05, 0) is 38.0 Å². The minimum Gasteiger partial charge on any atom is -0.367 e. The number of halogens is 1. The first-order valence-corrected chi connectivity index (χ1v) is 9.74. The monoisotopic (exact) mass is 378 g/mol. The number of guanidine groups is 1. The summed E-state index contributed by atoms with van der Waals surface area (Å²) in [6.07, 6.45) is 1.17. The first-order valence-electron chi connectivity index (χ1n) is 9.74. The third-order valence-electron chi connectivity index (χ3n) is 4.31. The molecule has 7 heteroatoms. The van der Waals surface area contributed by atoms with Crippen molar-refractivity contribution in [3.63, 3.8) is 0 Å². The summed E-state index contributed by atoms with van der Waals surface area (Å²) in [5, 5.41) is 6.16. The molecule has 2 atom stereocenters. The van der Waals surface area contributed by atoms with Gasteiger partial charge in [-0.25, -0.2) is 4.39 Å². The predicted molar refractivity (Wildman–Crippen MR) is 105 cm³/mol. The van der Waals surface area contributed by atoms with Crippen LogP contribution in [0.15, 0.2) is 29.3 Å². The molecule has 1 aromatic carbocycles. The Morgan fingerprint density at radius 2 is 2.00 bits per heavy atom. The molecule has 0 spiro atoms. The lowest BCUT2D eigenvalue weighted by Crippen LogP contribution is -2.50. The van der Waals surface area contributed by atoms with E-state index in [4.69, 9.17) is 4.74 Å². The van der Waals surface area contributed by atoms with Crippen LogP contribution in [-0.4, -0.2) is 55.6 Å². The van der Waals surface area contributed by atoms with Crippen LogP contribution in [0.5, 0.6) is 0 Å². The zero-order valence-corrected chi connectivity index (χ0v) is 16.5. The van der Waals surface area contributed by atoms with Gasteiger partial charge in [0.2, 0.25) is 5.91 Å². The van der Waals surface area contributed by atoms with Gasteiger partial charge in [-0.15, -0.1) is 0 Å². The zero-order chi connectivity index (χ0) is 19.6. The van der Waals surface area contributed by atoms with Gasteiger partial charge < -0.3 is 20.3 Å². The van der Waals surface area contributed by atoms with E-state index in [0.29, 0.717) is 32.6 Å². The topological polar surface area (TPSA) is 66.0 Å². The fourth-order valence-electron chi connectivity index (χ4n) is 3.03. The molecule has 0 aromatic heterocycles. The van der Waals surface area contributed by atoms with E-state index in [-0.39, 0.29) is 23.9 Å². The largest absolute Gasteiger partial charge is 0.367 e. The number of carbonyl (C=O) groups is 1. The summed E-state index contributed by atoms with van der Waals surface area (Å²) in [4.78, 5) is 18.5. The quantitative estimate of drug-likeness (QED) is 0.565. The van der Waals surface area contributed by atoms with Crippen molar-refractivity contribution in [1.82, 2.24) is 15.5 Å². The Balaban J connectivity index is 2.02. The number of nitrogens with one attached hydrogen (secondary N) is 2. The van der Waals surface area contributed by atoms with Crippen molar-refractivity contribution >= 4 is 11.9 Å². The minimum absolute atomic E-state index is 0.0190.